The summed E-state index contributed by atoms with van der Waals surface area (Å²) >= 11 is 5.72. The summed E-state index contributed by atoms with van der Waals surface area (Å²) in [5.41, 5.74) is 1.98. The standard InChI is InChI=1S/C14H17ClN2O/c1-11-13(10-17(2)9-8-15)16-14(18-11)12-6-4-3-5-7-12/h3-7H,8-10H2,1-2H3. The molecule has 0 aliphatic heterocycles. The molecule has 2 aromatic rings. The Morgan fingerprint density at radius 3 is 2.67 bits per heavy atom. The topological polar surface area (TPSA) is 29.3 Å². The third-order valence-corrected chi connectivity index (χ3v) is 2.97. The minimum atomic E-state index is 0.624. The van der Waals surface area contributed by atoms with Crippen LogP contribution in [0.4, 0.5) is 0 Å². The van der Waals surface area contributed by atoms with E-state index >= 15 is 0 Å². The van der Waals surface area contributed by atoms with Crippen LogP contribution in [0.3, 0.4) is 0 Å². The van der Waals surface area contributed by atoms with E-state index in [0.29, 0.717) is 11.8 Å². The molecule has 18 heavy (non-hydrogen) atoms. The molecule has 0 aliphatic carbocycles. The fourth-order valence-electron chi connectivity index (χ4n) is 1.76. The van der Waals surface area contributed by atoms with Crippen LogP contribution in [0.5, 0.6) is 0 Å². The molecule has 0 radical (unpaired) electrons. The number of aromatic nitrogens is 1. The number of hydrogen-bond acceptors (Lipinski definition) is 3. The van der Waals surface area contributed by atoms with Crippen molar-refractivity contribution in [3.8, 4) is 11.5 Å². The van der Waals surface area contributed by atoms with Crippen molar-refractivity contribution in [1.82, 2.24) is 9.88 Å². The predicted octanol–water partition coefficient (Wildman–Crippen LogP) is 3.32. The second-order valence-corrected chi connectivity index (χ2v) is 4.69. The highest BCUT2D eigenvalue weighted by Gasteiger charge is 2.12. The second kappa shape index (κ2) is 6.03. The number of alkyl halides is 1. The Labute approximate surface area is 112 Å². The lowest BCUT2D eigenvalue weighted by atomic mass is 10.2. The average Bonchev–Trinajstić information content (AvgIpc) is 2.72. The van der Waals surface area contributed by atoms with Crippen LogP contribution < -0.4 is 0 Å². The first-order chi connectivity index (χ1) is 8.70. The van der Waals surface area contributed by atoms with E-state index in [1.54, 1.807) is 0 Å². The maximum absolute atomic E-state index is 5.72. The Bertz CT molecular complexity index is 496. The van der Waals surface area contributed by atoms with Crippen LogP contribution >= 0.6 is 11.6 Å². The van der Waals surface area contributed by atoms with Gasteiger partial charge in [0.05, 0.1) is 5.69 Å². The number of aryl methyl sites for hydroxylation is 1. The van der Waals surface area contributed by atoms with E-state index in [9.17, 15) is 0 Å². The van der Waals surface area contributed by atoms with Crippen molar-refractivity contribution in [1.29, 1.82) is 0 Å². The zero-order valence-electron chi connectivity index (χ0n) is 10.7. The molecule has 0 N–H and O–H groups in total. The van der Waals surface area contributed by atoms with Gasteiger partial charge in [-0.25, -0.2) is 4.98 Å². The van der Waals surface area contributed by atoms with Crippen LogP contribution in [-0.2, 0) is 6.54 Å². The molecular formula is C14H17ClN2O. The Morgan fingerprint density at radius 2 is 2.00 bits per heavy atom. The minimum absolute atomic E-state index is 0.624. The molecule has 0 saturated heterocycles. The monoisotopic (exact) mass is 264 g/mol. The molecule has 0 unspecified atom stereocenters. The van der Waals surface area contributed by atoms with Crippen molar-refractivity contribution < 1.29 is 4.42 Å². The zero-order chi connectivity index (χ0) is 13.0. The van der Waals surface area contributed by atoms with Crippen molar-refractivity contribution in [2.45, 2.75) is 13.5 Å². The molecule has 0 amide bonds. The summed E-state index contributed by atoms with van der Waals surface area (Å²) in [6.07, 6.45) is 0. The van der Waals surface area contributed by atoms with E-state index in [4.69, 9.17) is 16.0 Å². The SMILES string of the molecule is Cc1oc(-c2ccccc2)nc1CN(C)CCCl. The van der Waals surface area contributed by atoms with E-state index in [1.165, 1.54) is 0 Å². The van der Waals surface area contributed by atoms with Gasteiger partial charge in [-0.3, -0.25) is 4.90 Å². The predicted molar refractivity (Wildman–Crippen MR) is 73.7 cm³/mol. The molecule has 0 bridgehead atoms. The van der Waals surface area contributed by atoms with Crippen molar-refractivity contribution >= 4 is 11.6 Å². The molecule has 0 spiro atoms. The largest absolute Gasteiger partial charge is 0.441 e. The summed E-state index contributed by atoms with van der Waals surface area (Å²) in [7, 11) is 2.03. The molecule has 0 atom stereocenters. The third kappa shape index (κ3) is 3.12. The summed E-state index contributed by atoms with van der Waals surface area (Å²) in [6.45, 7) is 3.55. The first kappa shape index (κ1) is 13.1. The summed E-state index contributed by atoms with van der Waals surface area (Å²) in [4.78, 5) is 6.68. The molecule has 1 aromatic carbocycles. The quantitative estimate of drug-likeness (QED) is 0.776. The van der Waals surface area contributed by atoms with Crippen LogP contribution in [0, 0.1) is 6.92 Å². The number of benzene rings is 1. The van der Waals surface area contributed by atoms with Crippen LogP contribution in [0.2, 0.25) is 0 Å². The van der Waals surface area contributed by atoms with Gasteiger partial charge in [-0.05, 0) is 26.1 Å². The van der Waals surface area contributed by atoms with Gasteiger partial charge in [-0.1, -0.05) is 18.2 Å². The lowest BCUT2D eigenvalue weighted by Crippen LogP contribution is -2.20. The van der Waals surface area contributed by atoms with Crippen molar-refractivity contribution in [2.24, 2.45) is 0 Å². The van der Waals surface area contributed by atoms with Gasteiger partial charge in [0.15, 0.2) is 0 Å². The molecule has 0 fully saturated rings. The summed E-state index contributed by atoms with van der Waals surface area (Å²) in [5, 5.41) is 0. The average molecular weight is 265 g/mol. The highest BCUT2D eigenvalue weighted by molar-refractivity contribution is 6.18. The highest BCUT2D eigenvalue weighted by atomic mass is 35.5. The fraction of sp³-hybridized carbons (Fsp3) is 0.357. The van der Waals surface area contributed by atoms with E-state index in [1.807, 2.05) is 44.3 Å². The van der Waals surface area contributed by atoms with Gasteiger partial charge in [0.1, 0.15) is 5.76 Å². The maximum Gasteiger partial charge on any atom is 0.226 e. The Balaban J connectivity index is 2.17. The van der Waals surface area contributed by atoms with Crippen molar-refractivity contribution in [3.05, 3.63) is 41.8 Å². The highest BCUT2D eigenvalue weighted by Crippen LogP contribution is 2.21. The number of oxazole rings is 1. The number of nitrogens with zero attached hydrogens (tertiary/aromatic N) is 2. The van der Waals surface area contributed by atoms with Gasteiger partial charge >= 0.3 is 0 Å². The molecule has 2 rings (SSSR count). The number of rotatable bonds is 5. The molecule has 1 heterocycles. The van der Waals surface area contributed by atoms with Crippen molar-refractivity contribution in [3.63, 3.8) is 0 Å². The van der Waals surface area contributed by atoms with Crippen LogP contribution in [0.15, 0.2) is 34.7 Å². The van der Waals surface area contributed by atoms with Crippen molar-refractivity contribution in [2.75, 3.05) is 19.5 Å². The zero-order valence-corrected chi connectivity index (χ0v) is 11.4. The molecule has 4 heteroatoms. The first-order valence-corrected chi connectivity index (χ1v) is 6.50. The Morgan fingerprint density at radius 1 is 1.28 bits per heavy atom. The third-order valence-electron chi connectivity index (χ3n) is 2.80. The second-order valence-electron chi connectivity index (χ2n) is 4.31. The van der Waals surface area contributed by atoms with Crippen LogP contribution in [0.25, 0.3) is 11.5 Å². The van der Waals surface area contributed by atoms with E-state index in [-0.39, 0.29) is 0 Å². The number of hydrogen-bond donors (Lipinski definition) is 0. The van der Waals surface area contributed by atoms with Gasteiger partial charge < -0.3 is 4.42 Å². The van der Waals surface area contributed by atoms with E-state index in [0.717, 1.165) is 30.1 Å². The van der Waals surface area contributed by atoms with Gasteiger partial charge in [-0.15, -0.1) is 11.6 Å². The maximum atomic E-state index is 5.72. The van der Waals surface area contributed by atoms with Gasteiger partial charge in [-0.2, -0.15) is 0 Å². The molecule has 0 aliphatic rings. The van der Waals surface area contributed by atoms with Gasteiger partial charge in [0.25, 0.3) is 0 Å². The minimum Gasteiger partial charge on any atom is -0.441 e. The molecule has 3 nitrogen and oxygen atoms in total. The first-order valence-electron chi connectivity index (χ1n) is 5.97. The van der Waals surface area contributed by atoms with Gasteiger partial charge in [0.2, 0.25) is 5.89 Å². The fourth-order valence-corrected chi connectivity index (χ4v) is 2.05. The Hall–Kier alpha value is -1.32. The van der Waals surface area contributed by atoms with E-state index < -0.39 is 0 Å². The smallest absolute Gasteiger partial charge is 0.226 e. The molecule has 0 saturated carbocycles. The van der Waals surface area contributed by atoms with Gasteiger partial charge in [0, 0.05) is 24.5 Å². The molecule has 1 aromatic heterocycles. The molecular weight excluding hydrogens is 248 g/mol. The summed E-state index contributed by atoms with van der Waals surface area (Å²) < 4.78 is 5.71. The van der Waals surface area contributed by atoms with Crippen LogP contribution in [-0.4, -0.2) is 29.4 Å². The number of halogens is 1. The Kier molecular flexibility index (Phi) is 4.39. The normalized spacial score (nSPS) is 11.1. The lowest BCUT2D eigenvalue weighted by molar-refractivity contribution is 0.341. The summed E-state index contributed by atoms with van der Waals surface area (Å²) in [5.74, 6) is 2.18. The molecule has 96 valence electrons. The lowest BCUT2D eigenvalue weighted by Gasteiger charge is -2.12. The summed E-state index contributed by atoms with van der Waals surface area (Å²) in [6, 6.07) is 9.94. The van der Waals surface area contributed by atoms with Crippen LogP contribution in [0.1, 0.15) is 11.5 Å². The van der Waals surface area contributed by atoms with E-state index in [2.05, 4.69) is 9.88 Å².